The van der Waals surface area contributed by atoms with Crippen LogP contribution in [0.3, 0.4) is 0 Å². The predicted octanol–water partition coefficient (Wildman–Crippen LogP) is 8.76. The number of nitrogens with zero attached hydrogens (tertiary/aromatic N) is 2. The Morgan fingerprint density at radius 2 is 0.756 bits per heavy atom. The molecule has 1 heterocycles. The predicted molar refractivity (Wildman–Crippen MR) is 177 cm³/mol. The van der Waals surface area contributed by atoms with Crippen LogP contribution < -0.4 is 26.2 Å². The number of benzene rings is 6. The summed E-state index contributed by atoms with van der Waals surface area (Å²) in [5.74, 6) is 0. The fourth-order valence-corrected chi connectivity index (χ4v) is 6.30. The Bertz CT molecular complexity index is 1720. The number of anilines is 6. The monoisotopic (exact) mass is 566 g/mol. The zero-order valence-corrected chi connectivity index (χ0v) is 23.7. The van der Waals surface area contributed by atoms with Crippen molar-refractivity contribution in [3.63, 3.8) is 0 Å². The molecule has 0 unspecified atom stereocenters. The molecule has 196 valence electrons. The zero-order chi connectivity index (χ0) is 27.8. The summed E-state index contributed by atoms with van der Waals surface area (Å²) in [4.78, 5) is 4.54. The molecule has 6 bridgehead atoms. The Kier molecular flexibility index (Phi) is 6.76. The highest BCUT2D eigenvalue weighted by molar-refractivity contribution is 6.95. The maximum atomic E-state index is 6.90. The van der Waals surface area contributed by atoms with E-state index in [0.717, 1.165) is 45.0 Å². The van der Waals surface area contributed by atoms with Crippen molar-refractivity contribution in [2.45, 2.75) is 0 Å². The summed E-state index contributed by atoms with van der Waals surface area (Å²) >= 11 is 13.8. The Morgan fingerprint density at radius 1 is 0.341 bits per heavy atom. The molecule has 0 fully saturated rings. The van der Waals surface area contributed by atoms with Crippen LogP contribution in [0.1, 0.15) is 0 Å². The normalized spacial score (nSPS) is 12.5. The van der Waals surface area contributed by atoms with Crippen LogP contribution in [0, 0.1) is 0 Å². The van der Waals surface area contributed by atoms with E-state index in [1.165, 1.54) is 5.46 Å². The van der Waals surface area contributed by atoms with E-state index in [-0.39, 0.29) is 6.71 Å². The van der Waals surface area contributed by atoms with E-state index in [4.69, 9.17) is 23.2 Å². The minimum absolute atomic E-state index is 0.0842. The van der Waals surface area contributed by atoms with Crippen LogP contribution in [-0.4, -0.2) is 6.71 Å². The summed E-state index contributed by atoms with van der Waals surface area (Å²) in [6, 6.07) is 52.8. The summed E-state index contributed by atoms with van der Waals surface area (Å²) in [5, 5.41) is 1.36. The molecule has 0 saturated heterocycles. The third kappa shape index (κ3) is 4.99. The fraction of sp³-hybridized carbons (Fsp3) is 0. The summed E-state index contributed by atoms with van der Waals surface area (Å²) < 4.78 is 0. The van der Waals surface area contributed by atoms with Crippen LogP contribution in [-0.2, 0) is 0 Å². The van der Waals surface area contributed by atoms with Gasteiger partial charge in [-0.3, -0.25) is 0 Å². The van der Waals surface area contributed by atoms with Crippen molar-refractivity contribution in [3.8, 4) is 0 Å². The van der Waals surface area contributed by atoms with Gasteiger partial charge in [0, 0.05) is 44.2 Å². The number of hydrogen-bond acceptors (Lipinski definition) is 2. The molecule has 0 N–H and O–H groups in total. The van der Waals surface area contributed by atoms with Crippen LogP contribution in [0.25, 0.3) is 0 Å². The van der Waals surface area contributed by atoms with Crippen LogP contribution in [0.4, 0.5) is 34.1 Å². The van der Waals surface area contributed by atoms with Gasteiger partial charge in [0.2, 0.25) is 6.71 Å². The lowest BCUT2D eigenvalue weighted by molar-refractivity contribution is 1.25. The molecule has 7 rings (SSSR count). The molecular weight excluding hydrogens is 542 g/mol. The van der Waals surface area contributed by atoms with Crippen molar-refractivity contribution in [1.29, 1.82) is 0 Å². The third-order valence-corrected chi connectivity index (χ3v) is 7.94. The number of fused-ring (bicyclic) bond motifs is 6. The van der Waals surface area contributed by atoms with Gasteiger partial charge in [0.05, 0.1) is 0 Å². The minimum atomic E-state index is -0.0842. The van der Waals surface area contributed by atoms with E-state index in [2.05, 4.69) is 131 Å². The first-order chi connectivity index (χ1) is 20.1. The van der Waals surface area contributed by atoms with E-state index in [1.54, 1.807) is 0 Å². The lowest BCUT2D eigenvalue weighted by Crippen LogP contribution is -2.52. The number of hydrogen-bond donors (Lipinski definition) is 0. The van der Waals surface area contributed by atoms with Gasteiger partial charge >= 0.3 is 0 Å². The van der Waals surface area contributed by atoms with Crippen molar-refractivity contribution >= 4 is 80.4 Å². The van der Waals surface area contributed by atoms with Crippen molar-refractivity contribution < 1.29 is 0 Å². The number of halogens is 2. The van der Waals surface area contributed by atoms with E-state index in [1.807, 2.05) is 30.3 Å². The van der Waals surface area contributed by atoms with Gasteiger partial charge in [-0.15, -0.1) is 0 Å². The highest BCUT2D eigenvalue weighted by Crippen LogP contribution is 2.41. The average molecular weight is 567 g/mol. The molecule has 0 aromatic heterocycles. The van der Waals surface area contributed by atoms with Gasteiger partial charge < -0.3 is 9.80 Å². The largest absolute Gasteiger partial charge is 0.310 e. The lowest BCUT2D eigenvalue weighted by Gasteiger charge is -2.31. The first-order valence-electron chi connectivity index (χ1n) is 13.6. The second-order valence-electron chi connectivity index (χ2n) is 10.2. The summed E-state index contributed by atoms with van der Waals surface area (Å²) in [5.41, 5.74) is 9.51. The van der Waals surface area contributed by atoms with Gasteiger partial charge in [-0.25, -0.2) is 0 Å². The SMILES string of the molecule is Clc1cc2cc(c1)N(c1ccccc1)c1cccc(c1)N(c1ccccc1)c1cc(Cl)cc(c1)B2c1ccccc1. The smallest absolute Gasteiger partial charge is 0.241 e. The van der Waals surface area contributed by atoms with Crippen LogP contribution in [0.15, 0.2) is 152 Å². The molecule has 1 aliphatic rings. The Morgan fingerprint density at radius 3 is 1.22 bits per heavy atom. The van der Waals surface area contributed by atoms with Gasteiger partial charge in [0.15, 0.2) is 0 Å². The highest BCUT2D eigenvalue weighted by atomic mass is 35.5. The number of para-hydroxylation sites is 2. The Balaban J connectivity index is 1.59. The van der Waals surface area contributed by atoms with E-state index >= 15 is 0 Å². The fourth-order valence-electron chi connectivity index (χ4n) is 5.83. The molecule has 6 aromatic carbocycles. The number of rotatable bonds is 3. The first-order valence-corrected chi connectivity index (χ1v) is 14.4. The minimum Gasteiger partial charge on any atom is -0.310 e. The first kappa shape index (κ1) is 25.5. The molecule has 5 heteroatoms. The Labute approximate surface area is 251 Å². The molecule has 0 amide bonds. The molecule has 41 heavy (non-hydrogen) atoms. The molecule has 6 aromatic rings. The summed E-state index contributed by atoms with van der Waals surface area (Å²) in [6.07, 6.45) is 0. The Hall–Kier alpha value is -4.44. The zero-order valence-electron chi connectivity index (χ0n) is 22.2. The highest BCUT2D eigenvalue weighted by Gasteiger charge is 2.27. The van der Waals surface area contributed by atoms with Crippen molar-refractivity contribution in [1.82, 2.24) is 0 Å². The topological polar surface area (TPSA) is 6.48 Å². The van der Waals surface area contributed by atoms with Gasteiger partial charge in [0.1, 0.15) is 0 Å². The molecule has 0 atom stereocenters. The van der Waals surface area contributed by atoms with E-state index in [0.29, 0.717) is 10.0 Å². The van der Waals surface area contributed by atoms with Gasteiger partial charge in [-0.2, -0.15) is 0 Å². The van der Waals surface area contributed by atoms with E-state index < -0.39 is 0 Å². The quantitative estimate of drug-likeness (QED) is 0.197. The molecule has 0 radical (unpaired) electrons. The van der Waals surface area contributed by atoms with Crippen molar-refractivity contribution in [3.05, 3.63) is 162 Å². The van der Waals surface area contributed by atoms with E-state index in [9.17, 15) is 0 Å². The molecule has 1 aliphatic heterocycles. The van der Waals surface area contributed by atoms with Crippen molar-refractivity contribution in [2.75, 3.05) is 9.80 Å². The maximum absolute atomic E-state index is 6.90. The van der Waals surface area contributed by atoms with Crippen molar-refractivity contribution in [2.24, 2.45) is 0 Å². The second kappa shape index (κ2) is 10.9. The van der Waals surface area contributed by atoms with Gasteiger partial charge in [-0.05, 0) is 78.9 Å². The lowest BCUT2D eigenvalue weighted by atomic mass is 9.37. The summed E-state index contributed by atoms with van der Waals surface area (Å²) in [7, 11) is 0. The van der Waals surface area contributed by atoms with Gasteiger partial charge in [0.25, 0.3) is 0 Å². The van der Waals surface area contributed by atoms with Crippen LogP contribution in [0.2, 0.25) is 10.0 Å². The average Bonchev–Trinajstić information content (AvgIpc) is 2.99. The maximum Gasteiger partial charge on any atom is 0.241 e. The molecular formula is C36H25BCl2N2. The molecule has 0 spiro atoms. The summed E-state index contributed by atoms with van der Waals surface area (Å²) in [6.45, 7) is -0.0842. The standard InChI is InChI=1S/C36H25BCl2N2/c38-29-19-27-21-35(23-29)40(31-13-6-2-7-14-31)33-17-10-18-34(25-33)41(32-15-8-3-9-16-32)36-22-28(20-30(39)24-36)37(27)26-11-4-1-5-12-26/h1-25H. The second-order valence-corrected chi connectivity index (χ2v) is 11.1. The molecule has 2 nitrogen and oxygen atoms in total. The molecule has 0 aliphatic carbocycles. The van der Waals surface area contributed by atoms with Gasteiger partial charge in [-0.1, -0.05) is 112 Å². The third-order valence-electron chi connectivity index (χ3n) is 7.50. The van der Waals surface area contributed by atoms with Crippen LogP contribution >= 0.6 is 23.2 Å². The van der Waals surface area contributed by atoms with Crippen LogP contribution in [0.5, 0.6) is 0 Å². The molecule has 0 saturated carbocycles.